The Bertz CT molecular complexity index is 978. The molecule has 156 valence electrons. The number of nitrogens with one attached hydrogen (secondary N) is 1. The predicted octanol–water partition coefficient (Wildman–Crippen LogP) is 4.05. The second-order valence-corrected chi connectivity index (χ2v) is 7.83. The Morgan fingerprint density at radius 2 is 2.07 bits per heavy atom. The molecule has 2 heterocycles. The van der Waals surface area contributed by atoms with Gasteiger partial charge in [0.15, 0.2) is 5.17 Å². The van der Waals surface area contributed by atoms with E-state index in [9.17, 15) is 18.8 Å². The number of fused-ring (bicyclic) bond motifs is 1. The first kappa shape index (κ1) is 21.9. The molecule has 0 spiro atoms. The Morgan fingerprint density at radius 3 is 2.80 bits per heavy atom. The average Bonchev–Trinajstić information content (AvgIpc) is 2.81. The van der Waals surface area contributed by atoms with Crippen molar-refractivity contribution in [2.24, 2.45) is 10.9 Å². The number of hydrogen-bond acceptors (Lipinski definition) is 5. The van der Waals surface area contributed by atoms with Gasteiger partial charge in [0.1, 0.15) is 11.4 Å². The fourth-order valence-corrected chi connectivity index (χ4v) is 4.85. The normalized spacial score (nSPS) is 22.5. The molecule has 2 aromatic rings. The highest BCUT2D eigenvalue weighted by Gasteiger charge is 2.47. The maximum absolute atomic E-state index is 14.8. The van der Waals surface area contributed by atoms with Gasteiger partial charge in [0, 0.05) is 29.4 Å². The highest BCUT2D eigenvalue weighted by molar-refractivity contribution is 8.13. The maximum Gasteiger partial charge on any atom is 0.257 e. The molecule has 0 aromatic heterocycles. The third-order valence-corrected chi connectivity index (χ3v) is 6.18. The number of benzene rings is 2. The van der Waals surface area contributed by atoms with Gasteiger partial charge in [-0.2, -0.15) is 5.26 Å². The number of carbonyl (C=O) groups is 1. The van der Waals surface area contributed by atoms with Crippen LogP contribution in [0, 0.1) is 23.1 Å². The maximum atomic E-state index is 14.8. The molecule has 1 amide bonds. The molecule has 30 heavy (non-hydrogen) atoms. The van der Waals surface area contributed by atoms with E-state index in [0.717, 1.165) is 6.42 Å². The zero-order valence-electron chi connectivity index (χ0n) is 16.4. The van der Waals surface area contributed by atoms with Crippen molar-refractivity contribution in [1.29, 1.82) is 5.26 Å². The van der Waals surface area contributed by atoms with Crippen LogP contribution in [0.5, 0.6) is 0 Å². The summed E-state index contributed by atoms with van der Waals surface area (Å²) < 4.78 is 30.0. The minimum absolute atomic E-state index is 0.0621. The molecule has 1 N–H and O–H groups in total. The molecule has 2 aliphatic heterocycles. The Labute approximate surface area is 178 Å². The van der Waals surface area contributed by atoms with E-state index in [2.05, 4.69) is 11.4 Å². The number of thioether (sulfide) groups is 1. The van der Waals surface area contributed by atoms with E-state index in [-0.39, 0.29) is 18.4 Å². The van der Waals surface area contributed by atoms with Crippen molar-refractivity contribution in [2.45, 2.75) is 12.0 Å². The summed E-state index contributed by atoms with van der Waals surface area (Å²) in [6, 6.07) is 15.2. The van der Waals surface area contributed by atoms with Gasteiger partial charge in [-0.05, 0) is 36.8 Å². The van der Waals surface area contributed by atoms with E-state index in [1.165, 1.54) is 23.9 Å². The van der Waals surface area contributed by atoms with Crippen molar-refractivity contribution in [2.75, 3.05) is 26.1 Å². The van der Waals surface area contributed by atoms with Crippen LogP contribution in [0.25, 0.3) is 0 Å². The highest BCUT2D eigenvalue weighted by atomic mass is 32.2. The van der Waals surface area contributed by atoms with Crippen LogP contribution in [0.2, 0.25) is 0 Å². The van der Waals surface area contributed by atoms with Gasteiger partial charge >= 0.3 is 0 Å². The lowest BCUT2D eigenvalue weighted by Gasteiger charge is -2.44. The van der Waals surface area contributed by atoms with Crippen molar-refractivity contribution in [3.05, 3.63) is 71.0 Å². The van der Waals surface area contributed by atoms with Crippen molar-refractivity contribution < 1.29 is 18.3 Å². The fraction of sp³-hybridized carbons (Fsp3) is 0.318. The van der Waals surface area contributed by atoms with Gasteiger partial charge < -0.3 is 10.1 Å². The summed E-state index contributed by atoms with van der Waals surface area (Å²) in [6.07, 6.45) is 0.743. The number of rotatable bonds is 2. The van der Waals surface area contributed by atoms with Crippen LogP contribution in [0.4, 0.5) is 8.78 Å². The molecular weight excluding hydrogens is 408 g/mol. The van der Waals surface area contributed by atoms with Crippen LogP contribution in [0.15, 0.2) is 53.5 Å². The van der Waals surface area contributed by atoms with Crippen molar-refractivity contribution >= 4 is 22.8 Å². The molecule has 2 aromatic carbocycles. The number of hydrogen-bond donors (Lipinski definition) is 1. The SMILES string of the molecule is CF.N#Cc1ccc(F)c(C23COCCC2CSC(NC(=O)c2ccccc2)=N3)c1. The summed E-state index contributed by atoms with van der Waals surface area (Å²) in [5, 5.41) is 12.5. The smallest absolute Gasteiger partial charge is 0.257 e. The van der Waals surface area contributed by atoms with E-state index in [1.807, 2.05) is 6.07 Å². The van der Waals surface area contributed by atoms with Crippen molar-refractivity contribution in [3.63, 3.8) is 0 Å². The van der Waals surface area contributed by atoms with Crippen LogP contribution in [-0.2, 0) is 10.3 Å². The molecule has 5 nitrogen and oxygen atoms in total. The largest absolute Gasteiger partial charge is 0.379 e. The monoisotopic (exact) mass is 429 g/mol. The summed E-state index contributed by atoms with van der Waals surface area (Å²) in [5.41, 5.74) is 0.306. The number of amides is 1. The number of nitrogens with zero attached hydrogens (tertiary/aromatic N) is 2. The number of amidine groups is 1. The lowest BCUT2D eigenvalue weighted by molar-refractivity contribution is 0.00289. The Kier molecular flexibility index (Phi) is 7.19. The number of aliphatic imine (C=N–C) groups is 1. The molecule has 0 aliphatic carbocycles. The predicted molar refractivity (Wildman–Crippen MR) is 113 cm³/mol. The second kappa shape index (κ2) is 9.83. The van der Waals surface area contributed by atoms with Crippen LogP contribution in [-0.4, -0.2) is 37.2 Å². The lowest BCUT2D eigenvalue weighted by Crippen LogP contribution is -2.49. The lowest BCUT2D eigenvalue weighted by atomic mass is 9.76. The Hall–Kier alpha value is -2.76. The number of carbonyl (C=O) groups excluding carboxylic acids is 1. The zero-order chi connectivity index (χ0) is 21.6. The fourth-order valence-electron chi connectivity index (χ4n) is 3.66. The summed E-state index contributed by atoms with van der Waals surface area (Å²) in [4.78, 5) is 17.3. The Morgan fingerprint density at radius 1 is 1.30 bits per heavy atom. The molecule has 1 fully saturated rings. The number of halogens is 2. The topological polar surface area (TPSA) is 74.5 Å². The van der Waals surface area contributed by atoms with E-state index >= 15 is 0 Å². The number of alkyl halides is 1. The van der Waals surface area contributed by atoms with Crippen molar-refractivity contribution in [3.8, 4) is 6.07 Å². The summed E-state index contributed by atoms with van der Waals surface area (Å²) >= 11 is 1.46. The second-order valence-electron chi connectivity index (χ2n) is 6.82. The molecule has 0 bridgehead atoms. The van der Waals surface area contributed by atoms with E-state index < -0.39 is 11.4 Å². The van der Waals surface area contributed by atoms with Gasteiger partial charge in [0.25, 0.3) is 5.91 Å². The van der Waals surface area contributed by atoms with Gasteiger partial charge in [-0.25, -0.2) is 9.38 Å². The first-order valence-electron chi connectivity index (χ1n) is 9.37. The molecular formula is C22H21F2N3O2S. The number of nitriles is 1. The Balaban J connectivity index is 0.00000124. The molecule has 4 rings (SSSR count). The van der Waals surface area contributed by atoms with Gasteiger partial charge in [-0.15, -0.1) is 0 Å². The summed E-state index contributed by atoms with van der Waals surface area (Å²) in [7, 11) is 0.500. The third kappa shape index (κ3) is 4.37. The van der Waals surface area contributed by atoms with Gasteiger partial charge in [-0.3, -0.25) is 9.18 Å². The van der Waals surface area contributed by atoms with Crippen molar-refractivity contribution in [1.82, 2.24) is 5.32 Å². The minimum Gasteiger partial charge on any atom is -0.379 e. The molecule has 2 unspecified atom stereocenters. The summed E-state index contributed by atoms with van der Waals surface area (Å²) in [6.45, 7) is 0.808. The molecule has 1 saturated heterocycles. The summed E-state index contributed by atoms with van der Waals surface area (Å²) in [5.74, 6) is 0.0717. The molecule has 0 saturated carbocycles. The van der Waals surface area contributed by atoms with Gasteiger partial charge in [0.05, 0.1) is 25.4 Å². The van der Waals surface area contributed by atoms with Crippen LogP contribution < -0.4 is 5.32 Å². The molecule has 0 radical (unpaired) electrons. The average molecular weight is 429 g/mol. The number of ether oxygens (including phenoxy) is 1. The highest BCUT2D eigenvalue weighted by Crippen LogP contribution is 2.45. The van der Waals surface area contributed by atoms with Crippen LogP contribution in [0.1, 0.15) is 27.9 Å². The van der Waals surface area contributed by atoms with E-state index in [1.54, 1.807) is 30.3 Å². The molecule has 2 atom stereocenters. The molecule has 8 heteroatoms. The van der Waals surface area contributed by atoms with E-state index in [0.29, 0.717) is 41.4 Å². The van der Waals surface area contributed by atoms with Crippen LogP contribution >= 0.6 is 11.8 Å². The first-order chi connectivity index (χ1) is 14.6. The third-order valence-electron chi connectivity index (χ3n) is 5.15. The first-order valence-corrected chi connectivity index (χ1v) is 10.4. The van der Waals surface area contributed by atoms with Gasteiger partial charge in [-0.1, -0.05) is 30.0 Å². The quantitative estimate of drug-likeness (QED) is 0.782. The standard InChI is InChI=1S/C21H18FN3O2S.CH3F/c22-18-7-6-14(11-23)10-17(18)21-13-27-9-8-16(21)12-28-20(25-21)24-19(26)15-4-2-1-3-5-15;1-2/h1-7,10,16H,8-9,12-13H2,(H,24,25,26);1H3. The zero-order valence-corrected chi connectivity index (χ0v) is 17.2. The van der Waals surface area contributed by atoms with Gasteiger partial charge in [0.2, 0.25) is 0 Å². The van der Waals surface area contributed by atoms with Crippen LogP contribution in [0.3, 0.4) is 0 Å². The van der Waals surface area contributed by atoms with E-state index in [4.69, 9.17) is 9.73 Å². The minimum atomic E-state index is -0.945. The molecule has 2 aliphatic rings.